The summed E-state index contributed by atoms with van der Waals surface area (Å²) in [5, 5.41) is 27.3. The minimum absolute atomic E-state index is 0.142. The van der Waals surface area contributed by atoms with Gasteiger partial charge in [-0.15, -0.1) is 0 Å². The van der Waals surface area contributed by atoms with E-state index in [0.29, 0.717) is 37.6 Å². The summed E-state index contributed by atoms with van der Waals surface area (Å²) >= 11 is 0. The maximum atomic E-state index is 13.7. The maximum Gasteiger partial charge on any atom is 0.200 e. The van der Waals surface area contributed by atoms with Crippen LogP contribution in [0.3, 0.4) is 0 Å². The highest BCUT2D eigenvalue weighted by molar-refractivity contribution is 6.33. The second kappa shape index (κ2) is 12.1. The van der Waals surface area contributed by atoms with E-state index in [4.69, 9.17) is 0 Å². The number of phenolic OH excluding ortho intramolecular Hbond substituents is 2. The molecule has 0 aliphatic heterocycles. The summed E-state index contributed by atoms with van der Waals surface area (Å²) in [6.07, 6.45) is 3.55. The molecular weight excluding hydrogens is 504 g/mol. The smallest absolute Gasteiger partial charge is 0.200 e. The fraction of sp³-hybridized carbons (Fsp3) is 0.125. The molecule has 0 bridgehead atoms. The molecule has 8 heteroatoms. The number of anilines is 2. The first-order valence-corrected chi connectivity index (χ1v) is 12.9. The molecule has 8 nitrogen and oxygen atoms in total. The average Bonchev–Trinajstić information content (AvgIpc) is 2.98. The number of hydrogen-bond acceptors (Lipinski definition) is 8. The van der Waals surface area contributed by atoms with Gasteiger partial charge in [0.2, 0.25) is 11.6 Å². The molecule has 200 valence electrons. The topological polar surface area (TPSA) is 123 Å². The molecule has 0 aromatic heterocycles. The zero-order valence-corrected chi connectivity index (χ0v) is 21.7. The standard InChI is InChI=1S/C32H28N4O4/c37-25-13-14-26(38)30-29(25)31(39)27-23(35-17-15-33-19-21-7-3-1-4-8-21)11-12-24(28(27)32(30)40)36-18-16-34-20-22-9-5-2-6-10-22/h1-14,19-20,35-38H,15-18H2/b33-19+,34-20+. The van der Waals surface area contributed by atoms with Crippen LogP contribution in [-0.2, 0) is 0 Å². The van der Waals surface area contributed by atoms with Crippen molar-refractivity contribution < 1.29 is 19.8 Å². The molecule has 1 aliphatic rings. The Hall–Kier alpha value is -5.24. The van der Waals surface area contributed by atoms with Gasteiger partial charge in [-0.1, -0.05) is 60.7 Å². The van der Waals surface area contributed by atoms with E-state index in [2.05, 4.69) is 20.6 Å². The Morgan fingerprint density at radius 3 is 1.35 bits per heavy atom. The van der Waals surface area contributed by atoms with Gasteiger partial charge in [0.15, 0.2) is 0 Å². The van der Waals surface area contributed by atoms with E-state index in [-0.39, 0.29) is 33.8 Å². The monoisotopic (exact) mass is 532 g/mol. The summed E-state index contributed by atoms with van der Waals surface area (Å²) in [6.45, 7) is 1.70. The van der Waals surface area contributed by atoms with Crippen molar-refractivity contribution in [2.75, 3.05) is 36.8 Å². The summed E-state index contributed by atoms with van der Waals surface area (Å²) in [4.78, 5) is 36.2. The highest BCUT2D eigenvalue weighted by atomic mass is 16.3. The van der Waals surface area contributed by atoms with Crippen molar-refractivity contribution in [3.63, 3.8) is 0 Å². The lowest BCUT2D eigenvalue weighted by Gasteiger charge is -2.24. The molecule has 0 spiro atoms. The van der Waals surface area contributed by atoms with E-state index in [1.54, 1.807) is 24.6 Å². The Morgan fingerprint density at radius 2 is 0.950 bits per heavy atom. The van der Waals surface area contributed by atoms with Gasteiger partial charge in [-0.2, -0.15) is 0 Å². The Morgan fingerprint density at radius 1 is 0.550 bits per heavy atom. The number of nitrogens with one attached hydrogen (secondary N) is 2. The van der Waals surface area contributed by atoms with Crippen molar-refractivity contribution in [2.45, 2.75) is 0 Å². The Bertz CT molecular complexity index is 1480. The summed E-state index contributed by atoms with van der Waals surface area (Å²) in [5.74, 6) is -1.80. The SMILES string of the molecule is O=C1c2c(O)ccc(O)c2C(=O)c2c(NCC/N=C/c3ccccc3)ccc(NCC/N=C/c3ccccc3)c21. The van der Waals surface area contributed by atoms with Crippen LogP contribution >= 0.6 is 0 Å². The van der Waals surface area contributed by atoms with E-state index >= 15 is 0 Å². The van der Waals surface area contributed by atoms with Crippen molar-refractivity contribution in [1.82, 2.24) is 0 Å². The van der Waals surface area contributed by atoms with Gasteiger partial charge in [-0.05, 0) is 35.4 Å². The summed E-state index contributed by atoms with van der Waals surface area (Å²) in [5.41, 5.74) is 2.74. The van der Waals surface area contributed by atoms with Gasteiger partial charge in [0, 0.05) is 36.9 Å². The zero-order chi connectivity index (χ0) is 27.9. The lowest BCUT2D eigenvalue weighted by Crippen LogP contribution is -2.25. The highest BCUT2D eigenvalue weighted by Gasteiger charge is 2.37. The molecule has 0 heterocycles. The summed E-state index contributed by atoms with van der Waals surface area (Å²) in [6, 6.07) is 25.3. The molecular formula is C32H28N4O4. The van der Waals surface area contributed by atoms with Gasteiger partial charge < -0.3 is 20.8 Å². The van der Waals surface area contributed by atoms with Crippen molar-refractivity contribution >= 4 is 35.4 Å². The van der Waals surface area contributed by atoms with E-state index in [0.717, 1.165) is 11.1 Å². The lowest BCUT2D eigenvalue weighted by atomic mass is 9.81. The molecule has 5 rings (SSSR count). The third-order valence-electron chi connectivity index (χ3n) is 6.47. The number of fused-ring (bicyclic) bond motifs is 2. The largest absolute Gasteiger partial charge is 0.507 e. The Labute approximate surface area is 231 Å². The first-order valence-electron chi connectivity index (χ1n) is 12.9. The van der Waals surface area contributed by atoms with Gasteiger partial charge in [0.25, 0.3) is 0 Å². The number of aromatic hydroxyl groups is 2. The van der Waals surface area contributed by atoms with E-state index < -0.39 is 11.6 Å². The number of aliphatic imine (C=N–C) groups is 2. The lowest BCUT2D eigenvalue weighted by molar-refractivity contribution is 0.0975. The predicted molar refractivity (Wildman–Crippen MR) is 158 cm³/mol. The van der Waals surface area contributed by atoms with E-state index in [1.807, 2.05) is 60.7 Å². The molecule has 0 amide bonds. The number of ketones is 2. The number of carbonyl (C=O) groups excluding carboxylic acids is 2. The fourth-order valence-electron chi connectivity index (χ4n) is 4.59. The number of phenols is 2. The van der Waals surface area contributed by atoms with Crippen LogP contribution in [0, 0.1) is 0 Å². The third kappa shape index (κ3) is 5.61. The molecule has 0 saturated heterocycles. The maximum absolute atomic E-state index is 13.7. The van der Waals surface area contributed by atoms with Crippen LogP contribution in [0.2, 0.25) is 0 Å². The second-order valence-corrected chi connectivity index (χ2v) is 9.17. The molecule has 1 aliphatic carbocycles. The van der Waals surface area contributed by atoms with Crippen LogP contribution in [-0.4, -0.2) is 60.4 Å². The second-order valence-electron chi connectivity index (χ2n) is 9.17. The molecule has 4 N–H and O–H groups in total. The minimum Gasteiger partial charge on any atom is -0.507 e. The Balaban J connectivity index is 1.38. The summed E-state index contributed by atoms with van der Waals surface area (Å²) < 4.78 is 0. The van der Waals surface area contributed by atoms with Crippen LogP contribution in [0.5, 0.6) is 11.5 Å². The summed E-state index contributed by atoms with van der Waals surface area (Å²) in [7, 11) is 0. The molecule has 0 radical (unpaired) electrons. The first kappa shape index (κ1) is 26.4. The van der Waals surface area contributed by atoms with Crippen LogP contribution < -0.4 is 10.6 Å². The molecule has 0 fully saturated rings. The van der Waals surface area contributed by atoms with Crippen molar-refractivity contribution in [3.8, 4) is 11.5 Å². The van der Waals surface area contributed by atoms with Gasteiger partial charge in [0.1, 0.15) is 11.5 Å². The molecule has 0 atom stereocenters. The normalized spacial score (nSPS) is 12.5. The van der Waals surface area contributed by atoms with Crippen LogP contribution in [0.25, 0.3) is 0 Å². The number of hydrogen-bond donors (Lipinski definition) is 4. The molecule has 0 unspecified atom stereocenters. The number of rotatable bonds is 10. The number of carbonyl (C=O) groups is 2. The van der Waals surface area contributed by atoms with Crippen LogP contribution in [0.15, 0.2) is 94.9 Å². The van der Waals surface area contributed by atoms with Crippen LogP contribution in [0.1, 0.15) is 43.0 Å². The predicted octanol–water partition coefficient (Wildman–Crippen LogP) is 4.94. The molecule has 0 saturated carbocycles. The molecule has 4 aromatic carbocycles. The van der Waals surface area contributed by atoms with Gasteiger partial charge in [0.05, 0.1) is 35.3 Å². The van der Waals surface area contributed by atoms with Gasteiger partial charge >= 0.3 is 0 Å². The van der Waals surface area contributed by atoms with Crippen molar-refractivity contribution in [1.29, 1.82) is 0 Å². The van der Waals surface area contributed by atoms with Crippen molar-refractivity contribution in [3.05, 3.63) is 118 Å². The third-order valence-corrected chi connectivity index (χ3v) is 6.47. The molecule has 40 heavy (non-hydrogen) atoms. The van der Waals surface area contributed by atoms with Crippen molar-refractivity contribution in [2.24, 2.45) is 9.98 Å². The number of benzene rings is 4. The van der Waals surface area contributed by atoms with E-state index in [9.17, 15) is 19.8 Å². The van der Waals surface area contributed by atoms with E-state index in [1.165, 1.54) is 12.1 Å². The fourth-order valence-corrected chi connectivity index (χ4v) is 4.59. The quantitative estimate of drug-likeness (QED) is 0.115. The zero-order valence-electron chi connectivity index (χ0n) is 21.7. The Kier molecular flexibility index (Phi) is 7.97. The first-order chi connectivity index (χ1) is 19.5. The highest BCUT2D eigenvalue weighted by Crippen LogP contribution is 2.42. The van der Waals surface area contributed by atoms with Crippen LogP contribution in [0.4, 0.5) is 11.4 Å². The molecule has 4 aromatic rings. The van der Waals surface area contributed by atoms with Gasteiger partial charge in [-0.3, -0.25) is 19.6 Å². The minimum atomic E-state index is -0.543. The van der Waals surface area contributed by atoms with Gasteiger partial charge in [-0.25, -0.2) is 0 Å². The number of nitrogens with zero attached hydrogens (tertiary/aromatic N) is 2. The average molecular weight is 533 g/mol.